The first-order chi connectivity index (χ1) is 7.74. The second kappa shape index (κ2) is 4.57. The first-order valence-electron chi connectivity index (χ1n) is 6.02. The van der Waals surface area contributed by atoms with Gasteiger partial charge in [0.05, 0.1) is 11.3 Å². The summed E-state index contributed by atoms with van der Waals surface area (Å²) in [5.41, 5.74) is 2.97. The van der Waals surface area contributed by atoms with E-state index in [1.165, 1.54) is 24.8 Å². The Balaban J connectivity index is 2.05. The average molecular weight is 214 g/mol. The Morgan fingerprint density at radius 1 is 1.50 bits per heavy atom. The van der Waals surface area contributed by atoms with Crippen LogP contribution in [0.3, 0.4) is 0 Å². The van der Waals surface area contributed by atoms with E-state index in [0.29, 0.717) is 6.04 Å². The molecule has 2 unspecified atom stereocenters. The van der Waals surface area contributed by atoms with E-state index in [-0.39, 0.29) is 0 Å². The Morgan fingerprint density at radius 2 is 2.31 bits per heavy atom. The first kappa shape index (κ1) is 11.0. The monoisotopic (exact) mass is 214 g/mol. The van der Waals surface area contributed by atoms with Crippen LogP contribution in [0.15, 0.2) is 18.2 Å². The highest BCUT2D eigenvalue weighted by Crippen LogP contribution is 2.37. The van der Waals surface area contributed by atoms with Gasteiger partial charge in [0.15, 0.2) is 0 Å². The summed E-state index contributed by atoms with van der Waals surface area (Å²) in [5, 5.41) is 12.5. The van der Waals surface area contributed by atoms with Crippen LogP contribution in [-0.4, -0.2) is 6.04 Å². The average Bonchev–Trinajstić information content (AvgIpc) is 2.97. The molecule has 1 aliphatic carbocycles. The minimum atomic E-state index is 0.592. The molecule has 1 fully saturated rings. The van der Waals surface area contributed by atoms with Gasteiger partial charge in [-0.25, -0.2) is 0 Å². The van der Waals surface area contributed by atoms with Crippen molar-refractivity contribution in [1.82, 2.24) is 0 Å². The molecule has 1 N–H and O–H groups in total. The lowest BCUT2D eigenvalue weighted by molar-refractivity contribution is 0.693. The summed E-state index contributed by atoms with van der Waals surface area (Å²) in [6, 6.07) is 8.79. The number of hydrogen-bond acceptors (Lipinski definition) is 2. The van der Waals surface area contributed by atoms with Crippen LogP contribution >= 0.6 is 0 Å². The van der Waals surface area contributed by atoms with Gasteiger partial charge in [-0.05, 0) is 43.4 Å². The Kier molecular flexibility index (Phi) is 3.14. The molecule has 1 aromatic rings. The van der Waals surface area contributed by atoms with Crippen LogP contribution in [0.25, 0.3) is 0 Å². The third kappa shape index (κ3) is 2.36. The molecule has 1 aliphatic rings. The van der Waals surface area contributed by atoms with Crippen LogP contribution in [0.1, 0.15) is 37.3 Å². The van der Waals surface area contributed by atoms with E-state index in [4.69, 9.17) is 5.26 Å². The van der Waals surface area contributed by atoms with Gasteiger partial charge in [0.25, 0.3) is 0 Å². The number of benzene rings is 1. The maximum Gasteiger partial charge on any atom is 0.101 e. The number of anilines is 1. The number of rotatable bonds is 4. The van der Waals surface area contributed by atoms with E-state index in [2.05, 4.69) is 31.3 Å². The van der Waals surface area contributed by atoms with Crippen molar-refractivity contribution in [3.8, 4) is 6.07 Å². The summed E-state index contributed by atoms with van der Waals surface area (Å²) in [4.78, 5) is 0. The predicted molar refractivity (Wildman–Crippen MR) is 66.3 cm³/mol. The van der Waals surface area contributed by atoms with Crippen LogP contribution in [0.4, 0.5) is 5.69 Å². The highest BCUT2D eigenvalue weighted by atomic mass is 15.0. The second-order valence-corrected chi connectivity index (χ2v) is 4.70. The van der Waals surface area contributed by atoms with Gasteiger partial charge < -0.3 is 5.32 Å². The van der Waals surface area contributed by atoms with E-state index in [9.17, 15) is 0 Å². The Morgan fingerprint density at radius 3 is 3.00 bits per heavy atom. The molecule has 2 heteroatoms. The zero-order valence-corrected chi connectivity index (χ0v) is 9.96. The molecule has 84 valence electrons. The van der Waals surface area contributed by atoms with Crippen molar-refractivity contribution in [2.45, 2.75) is 39.2 Å². The summed E-state index contributed by atoms with van der Waals surface area (Å²) in [5.74, 6) is 0.817. The third-order valence-electron chi connectivity index (χ3n) is 3.22. The largest absolute Gasteiger partial charge is 0.381 e. The lowest BCUT2D eigenvalue weighted by Crippen LogP contribution is -2.06. The first-order valence-corrected chi connectivity index (χ1v) is 6.02. The summed E-state index contributed by atoms with van der Waals surface area (Å²) in [6.07, 6.45) is 3.81. The van der Waals surface area contributed by atoms with Crippen molar-refractivity contribution >= 4 is 5.69 Å². The van der Waals surface area contributed by atoms with Crippen LogP contribution in [0.2, 0.25) is 0 Å². The van der Waals surface area contributed by atoms with Crippen molar-refractivity contribution < 1.29 is 0 Å². The zero-order valence-electron chi connectivity index (χ0n) is 9.96. The van der Waals surface area contributed by atoms with Gasteiger partial charge in [-0.3, -0.25) is 0 Å². The molecule has 0 aliphatic heterocycles. The van der Waals surface area contributed by atoms with Crippen molar-refractivity contribution in [3.63, 3.8) is 0 Å². The van der Waals surface area contributed by atoms with Crippen molar-refractivity contribution in [1.29, 1.82) is 5.26 Å². The number of hydrogen-bond donors (Lipinski definition) is 1. The van der Waals surface area contributed by atoms with Gasteiger partial charge in [0, 0.05) is 6.04 Å². The molecule has 16 heavy (non-hydrogen) atoms. The predicted octanol–water partition coefficient (Wildman–Crippen LogP) is 3.47. The fraction of sp³-hybridized carbons (Fsp3) is 0.500. The molecule has 1 aromatic carbocycles. The van der Waals surface area contributed by atoms with Gasteiger partial charge in [-0.15, -0.1) is 0 Å². The fourth-order valence-corrected chi connectivity index (χ4v) is 2.19. The minimum absolute atomic E-state index is 0.592. The smallest absolute Gasteiger partial charge is 0.101 e. The van der Waals surface area contributed by atoms with E-state index in [1.807, 2.05) is 12.1 Å². The quantitative estimate of drug-likeness (QED) is 0.833. The highest BCUT2D eigenvalue weighted by Gasteiger charge is 2.36. The summed E-state index contributed by atoms with van der Waals surface area (Å²) in [6.45, 7) is 4.28. The van der Waals surface area contributed by atoms with Crippen LogP contribution < -0.4 is 5.32 Å². The van der Waals surface area contributed by atoms with Gasteiger partial charge in [0.1, 0.15) is 6.07 Å². The third-order valence-corrected chi connectivity index (χ3v) is 3.22. The van der Waals surface area contributed by atoms with Crippen LogP contribution in [0, 0.1) is 24.2 Å². The maximum atomic E-state index is 9.02. The number of nitrogens with one attached hydrogen (secondary N) is 1. The fourth-order valence-electron chi connectivity index (χ4n) is 2.19. The molecular formula is C14H18N2. The van der Waals surface area contributed by atoms with Crippen molar-refractivity contribution in [3.05, 3.63) is 29.3 Å². The van der Waals surface area contributed by atoms with E-state index in [1.54, 1.807) is 0 Å². The molecule has 2 nitrogen and oxygen atoms in total. The van der Waals surface area contributed by atoms with Gasteiger partial charge in [-0.2, -0.15) is 5.26 Å². The van der Waals surface area contributed by atoms with E-state index < -0.39 is 0 Å². The summed E-state index contributed by atoms with van der Waals surface area (Å²) in [7, 11) is 0. The molecule has 2 rings (SSSR count). The molecule has 0 amide bonds. The topological polar surface area (TPSA) is 35.8 Å². The Bertz CT molecular complexity index is 417. The Labute approximate surface area is 97.3 Å². The van der Waals surface area contributed by atoms with Crippen LogP contribution in [-0.2, 0) is 0 Å². The van der Waals surface area contributed by atoms with E-state index in [0.717, 1.165) is 17.2 Å². The lowest BCUT2D eigenvalue weighted by Gasteiger charge is -2.08. The molecule has 0 bridgehead atoms. The Hall–Kier alpha value is -1.49. The van der Waals surface area contributed by atoms with Crippen LogP contribution in [0.5, 0.6) is 0 Å². The van der Waals surface area contributed by atoms with Crippen molar-refractivity contribution in [2.75, 3.05) is 5.32 Å². The number of nitriles is 1. The van der Waals surface area contributed by atoms with Crippen molar-refractivity contribution in [2.24, 2.45) is 5.92 Å². The molecule has 0 aromatic heterocycles. The normalized spacial score (nSPS) is 22.6. The molecular weight excluding hydrogens is 196 g/mol. The number of nitrogens with zero attached hydrogens (tertiary/aromatic N) is 1. The molecule has 0 radical (unpaired) electrons. The maximum absolute atomic E-state index is 9.02. The molecule has 0 heterocycles. The SMILES string of the molecule is CCCC1CC1Nc1cc(C)ccc1C#N. The standard InChI is InChI=1S/C14H18N2/c1-3-4-11-8-14(11)16-13-7-10(2)5-6-12(13)9-15/h5-7,11,14,16H,3-4,8H2,1-2H3. The van der Waals surface area contributed by atoms with Gasteiger partial charge in [0.2, 0.25) is 0 Å². The molecule has 2 atom stereocenters. The highest BCUT2D eigenvalue weighted by molar-refractivity contribution is 5.59. The summed E-state index contributed by atoms with van der Waals surface area (Å²) >= 11 is 0. The van der Waals surface area contributed by atoms with E-state index >= 15 is 0 Å². The molecule has 1 saturated carbocycles. The minimum Gasteiger partial charge on any atom is -0.381 e. The van der Waals surface area contributed by atoms with Gasteiger partial charge in [-0.1, -0.05) is 19.4 Å². The second-order valence-electron chi connectivity index (χ2n) is 4.70. The number of aryl methyl sites for hydroxylation is 1. The molecule has 0 spiro atoms. The van der Waals surface area contributed by atoms with Gasteiger partial charge >= 0.3 is 0 Å². The molecule has 0 saturated heterocycles. The summed E-state index contributed by atoms with van der Waals surface area (Å²) < 4.78 is 0. The lowest BCUT2D eigenvalue weighted by atomic mass is 10.1. The zero-order chi connectivity index (χ0) is 11.5.